The van der Waals surface area contributed by atoms with Gasteiger partial charge in [-0.15, -0.1) is 0 Å². The van der Waals surface area contributed by atoms with Gasteiger partial charge in [0, 0.05) is 7.05 Å². The molecule has 8 heteroatoms. The Kier molecular flexibility index (Phi) is 7.62. The molecule has 8 nitrogen and oxygen atoms in total. The number of imide groups is 1. The van der Waals surface area contributed by atoms with Gasteiger partial charge in [-0.05, 0) is 60.9 Å². The van der Waals surface area contributed by atoms with E-state index in [4.69, 9.17) is 19.0 Å². The van der Waals surface area contributed by atoms with Gasteiger partial charge in [0.25, 0.3) is 5.91 Å². The Balaban J connectivity index is 1.38. The molecule has 3 aromatic carbocycles. The second-order valence-corrected chi connectivity index (χ2v) is 9.31. The second kappa shape index (κ2) is 11.2. The zero-order chi connectivity index (χ0) is 26.6. The van der Waals surface area contributed by atoms with E-state index < -0.39 is 18.1 Å². The fraction of sp³-hybridized carbons (Fsp3) is 0.333. The fourth-order valence-electron chi connectivity index (χ4n) is 4.96. The Labute approximate surface area is 222 Å². The number of carbonyl (C=O) groups is 2. The van der Waals surface area contributed by atoms with Crippen molar-refractivity contribution in [3.63, 3.8) is 0 Å². The Hall–Kier alpha value is -3.88. The van der Waals surface area contributed by atoms with Crippen LogP contribution in [0.15, 0.2) is 72.8 Å². The minimum absolute atomic E-state index is 0.293. The molecule has 5 rings (SSSR count). The molecule has 0 bridgehead atoms. The Morgan fingerprint density at radius 3 is 2.32 bits per heavy atom. The van der Waals surface area contributed by atoms with Gasteiger partial charge in [-0.2, -0.15) is 5.06 Å². The average molecular weight is 517 g/mol. The summed E-state index contributed by atoms with van der Waals surface area (Å²) in [5.74, 6) is 0.534. The van der Waals surface area contributed by atoms with Crippen LogP contribution < -0.4 is 19.1 Å². The number of hydrogen-bond donors (Lipinski definition) is 0. The molecule has 0 aliphatic carbocycles. The van der Waals surface area contributed by atoms with Crippen LogP contribution in [-0.2, 0) is 21.0 Å². The second-order valence-electron chi connectivity index (χ2n) is 9.31. The molecular weight excluding hydrogens is 484 g/mol. The maximum atomic E-state index is 13.6. The summed E-state index contributed by atoms with van der Waals surface area (Å²) in [4.78, 5) is 34.1. The lowest BCUT2D eigenvalue weighted by molar-refractivity contribution is -0.160. The number of anilines is 1. The number of carbonyl (C=O) groups excluding carboxylic acids is 2. The zero-order valence-electron chi connectivity index (χ0n) is 21.8. The standard InChI is InChI=1S/C30H32N2O6/c1-4-17-36-23-14-12-22(13-15-23)32-29(33)26-27(31(3)38-28(26)30(32)34)21-11-16-24(25(18-21)35-5-2)37-19-20-9-7-6-8-10-20/h6-16,18,26-28H,4-5,17,19H2,1-3H3/t26-,27-,28+/m1/s1. The number of nitrogens with zero attached hydrogens (tertiary/aromatic N) is 2. The van der Waals surface area contributed by atoms with Crippen molar-refractivity contribution in [2.24, 2.45) is 5.92 Å². The lowest BCUT2D eigenvalue weighted by Crippen LogP contribution is -2.36. The molecule has 198 valence electrons. The van der Waals surface area contributed by atoms with Gasteiger partial charge in [-0.1, -0.05) is 43.3 Å². The summed E-state index contributed by atoms with van der Waals surface area (Å²) in [6, 6.07) is 22.1. The monoisotopic (exact) mass is 516 g/mol. The van der Waals surface area contributed by atoms with Crippen molar-refractivity contribution < 1.29 is 28.6 Å². The van der Waals surface area contributed by atoms with Gasteiger partial charge in [0.1, 0.15) is 12.4 Å². The van der Waals surface area contributed by atoms with Gasteiger partial charge in [-0.25, -0.2) is 4.90 Å². The smallest absolute Gasteiger partial charge is 0.265 e. The Morgan fingerprint density at radius 2 is 1.61 bits per heavy atom. The van der Waals surface area contributed by atoms with Gasteiger partial charge in [-0.3, -0.25) is 14.4 Å². The predicted octanol–water partition coefficient (Wildman–Crippen LogP) is 4.93. The summed E-state index contributed by atoms with van der Waals surface area (Å²) in [5, 5.41) is 1.60. The molecular formula is C30H32N2O6. The molecule has 2 aliphatic heterocycles. The lowest BCUT2D eigenvalue weighted by atomic mass is 9.91. The summed E-state index contributed by atoms with van der Waals surface area (Å²) in [7, 11) is 1.74. The molecule has 0 spiro atoms. The molecule has 3 atom stereocenters. The van der Waals surface area contributed by atoms with Gasteiger partial charge in [0.2, 0.25) is 5.91 Å². The van der Waals surface area contributed by atoms with Crippen molar-refractivity contribution in [3.8, 4) is 17.2 Å². The van der Waals surface area contributed by atoms with Crippen LogP contribution in [-0.4, -0.2) is 43.2 Å². The summed E-state index contributed by atoms with van der Waals surface area (Å²) in [6.07, 6.45) is 0.00376. The number of fused-ring (bicyclic) bond motifs is 1. The van der Waals surface area contributed by atoms with Gasteiger partial charge in [0.05, 0.1) is 30.9 Å². The number of rotatable bonds is 10. The van der Waals surface area contributed by atoms with E-state index in [1.807, 2.05) is 62.4 Å². The van der Waals surface area contributed by atoms with Gasteiger partial charge in [0.15, 0.2) is 17.6 Å². The molecule has 3 aromatic rings. The van der Waals surface area contributed by atoms with Crippen molar-refractivity contribution in [1.29, 1.82) is 0 Å². The first-order valence-electron chi connectivity index (χ1n) is 13.0. The molecule has 0 N–H and O–H groups in total. The molecule has 2 amide bonds. The van der Waals surface area contributed by atoms with E-state index in [2.05, 4.69) is 0 Å². The molecule has 2 saturated heterocycles. The molecule has 2 heterocycles. The molecule has 2 aliphatic rings. The fourth-order valence-corrected chi connectivity index (χ4v) is 4.96. The van der Waals surface area contributed by atoms with Crippen molar-refractivity contribution in [3.05, 3.63) is 83.9 Å². The third-order valence-corrected chi connectivity index (χ3v) is 6.72. The molecule has 0 radical (unpaired) electrons. The van der Waals surface area contributed by atoms with Crippen molar-refractivity contribution >= 4 is 17.5 Å². The third-order valence-electron chi connectivity index (χ3n) is 6.72. The van der Waals surface area contributed by atoms with Crippen LogP contribution in [0.4, 0.5) is 5.69 Å². The van der Waals surface area contributed by atoms with E-state index >= 15 is 0 Å². The third kappa shape index (κ3) is 4.97. The van der Waals surface area contributed by atoms with E-state index in [0.717, 1.165) is 17.5 Å². The summed E-state index contributed by atoms with van der Waals surface area (Å²) < 4.78 is 17.6. The van der Waals surface area contributed by atoms with Crippen LogP contribution >= 0.6 is 0 Å². The molecule has 2 fully saturated rings. The quantitative estimate of drug-likeness (QED) is 0.354. The maximum absolute atomic E-state index is 13.6. The maximum Gasteiger partial charge on any atom is 0.265 e. The Morgan fingerprint density at radius 1 is 0.842 bits per heavy atom. The van der Waals surface area contributed by atoms with E-state index in [9.17, 15) is 9.59 Å². The van der Waals surface area contributed by atoms with Gasteiger partial charge >= 0.3 is 0 Å². The first-order valence-corrected chi connectivity index (χ1v) is 13.0. The molecule has 0 unspecified atom stereocenters. The summed E-state index contributed by atoms with van der Waals surface area (Å²) >= 11 is 0. The van der Waals surface area contributed by atoms with Crippen LogP contribution in [0, 0.1) is 5.92 Å². The highest BCUT2D eigenvalue weighted by molar-refractivity contribution is 6.23. The predicted molar refractivity (Wildman–Crippen MR) is 142 cm³/mol. The molecule has 38 heavy (non-hydrogen) atoms. The summed E-state index contributed by atoms with van der Waals surface area (Å²) in [6.45, 7) is 5.40. The SMILES string of the molecule is CCCOc1ccc(N2C(=O)[C@H]3[C@H](ON(C)[C@@H]3c3ccc(OCc4ccccc4)c(OCC)c3)C2=O)cc1. The highest BCUT2D eigenvalue weighted by atomic mass is 16.7. The minimum atomic E-state index is -0.891. The van der Waals surface area contributed by atoms with E-state index in [1.54, 1.807) is 36.4 Å². The van der Waals surface area contributed by atoms with Crippen LogP contribution in [0.1, 0.15) is 37.4 Å². The van der Waals surface area contributed by atoms with E-state index in [1.165, 1.54) is 4.90 Å². The molecule has 0 saturated carbocycles. The van der Waals surface area contributed by atoms with Crippen molar-refractivity contribution in [2.75, 3.05) is 25.2 Å². The minimum Gasteiger partial charge on any atom is -0.494 e. The normalized spacial score (nSPS) is 21.0. The van der Waals surface area contributed by atoms with Crippen LogP contribution in [0.5, 0.6) is 17.2 Å². The average Bonchev–Trinajstić information content (AvgIpc) is 3.40. The zero-order valence-corrected chi connectivity index (χ0v) is 21.8. The lowest BCUT2D eigenvalue weighted by Gasteiger charge is -2.25. The van der Waals surface area contributed by atoms with Crippen LogP contribution in [0.3, 0.4) is 0 Å². The number of ether oxygens (including phenoxy) is 3. The van der Waals surface area contributed by atoms with Crippen LogP contribution in [0.25, 0.3) is 0 Å². The van der Waals surface area contributed by atoms with Crippen molar-refractivity contribution in [2.45, 2.75) is 39.0 Å². The number of hydrogen-bond acceptors (Lipinski definition) is 7. The molecule has 0 aromatic heterocycles. The highest BCUT2D eigenvalue weighted by Crippen LogP contribution is 2.46. The number of benzene rings is 3. The highest BCUT2D eigenvalue weighted by Gasteiger charge is 2.59. The van der Waals surface area contributed by atoms with E-state index in [0.29, 0.717) is 42.8 Å². The largest absolute Gasteiger partial charge is 0.494 e. The summed E-state index contributed by atoms with van der Waals surface area (Å²) in [5.41, 5.74) is 2.36. The van der Waals surface area contributed by atoms with Gasteiger partial charge < -0.3 is 14.2 Å². The van der Waals surface area contributed by atoms with Crippen LogP contribution in [0.2, 0.25) is 0 Å². The number of hydroxylamine groups is 2. The first kappa shape index (κ1) is 25.8. The van der Waals surface area contributed by atoms with Crippen molar-refractivity contribution in [1.82, 2.24) is 5.06 Å². The topological polar surface area (TPSA) is 77.5 Å². The number of amides is 2. The Bertz CT molecular complexity index is 1280. The van der Waals surface area contributed by atoms with E-state index in [-0.39, 0.29) is 11.8 Å². The first-order chi connectivity index (χ1) is 18.5.